The highest BCUT2D eigenvalue weighted by Crippen LogP contribution is 2.30. The standard InChI is InChI=1S/C15H17Cl2F2N3O2/c16-10-7-11(17)13(20-8-10)22-5-6-24-12(9-22)14(23)21-3-1-15(18,19)2-4-21/h7-8,12H,1-6,9H2. The van der Waals surface area contributed by atoms with Crippen molar-refractivity contribution < 1.29 is 18.3 Å². The third kappa shape index (κ3) is 3.90. The average Bonchev–Trinajstić information content (AvgIpc) is 2.54. The fraction of sp³-hybridized carbons (Fsp3) is 0.600. The lowest BCUT2D eigenvalue weighted by molar-refractivity contribution is -0.150. The summed E-state index contributed by atoms with van der Waals surface area (Å²) in [5.74, 6) is -2.41. The normalized spacial score (nSPS) is 24.1. The SMILES string of the molecule is O=C(C1CN(c2ncc(Cl)cc2Cl)CCO1)N1CCC(F)(F)CC1. The van der Waals surface area contributed by atoms with Crippen molar-refractivity contribution in [2.45, 2.75) is 24.9 Å². The highest BCUT2D eigenvalue weighted by atomic mass is 35.5. The Labute approximate surface area is 148 Å². The number of carbonyl (C=O) groups is 1. The fourth-order valence-electron chi connectivity index (χ4n) is 2.89. The van der Waals surface area contributed by atoms with Gasteiger partial charge < -0.3 is 14.5 Å². The van der Waals surface area contributed by atoms with Gasteiger partial charge >= 0.3 is 0 Å². The Hall–Kier alpha value is -1.18. The lowest BCUT2D eigenvalue weighted by atomic mass is 10.1. The van der Waals surface area contributed by atoms with Crippen molar-refractivity contribution in [2.75, 3.05) is 37.7 Å². The van der Waals surface area contributed by atoms with Crippen LogP contribution in [0.15, 0.2) is 12.3 Å². The quantitative estimate of drug-likeness (QED) is 0.792. The van der Waals surface area contributed by atoms with Gasteiger partial charge in [0, 0.05) is 38.7 Å². The second-order valence-corrected chi connectivity index (χ2v) is 6.79. The first-order valence-corrected chi connectivity index (χ1v) is 8.45. The van der Waals surface area contributed by atoms with Crippen LogP contribution in [-0.4, -0.2) is 60.6 Å². The van der Waals surface area contributed by atoms with Crippen LogP contribution in [0.1, 0.15) is 12.8 Å². The van der Waals surface area contributed by atoms with Crippen LogP contribution in [0.5, 0.6) is 0 Å². The Kier molecular flexibility index (Phi) is 5.13. The number of piperidine rings is 1. The molecule has 0 saturated carbocycles. The summed E-state index contributed by atoms with van der Waals surface area (Å²) in [6, 6.07) is 1.59. The number of alkyl halides is 2. The lowest BCUT2D eigenvalue weighted by Crippen LogP contribution is -2.53. The number of likely N-dealkylation sites (tertiary alicyclic amines) is 1. The van der Waals surface area contributed by atoms with Gasteiger partial charge in [-0.15, -0.1) is 0 Å². The molecular formula is C15H17Cl2F2N3O2. The summed E-state index contributed by atoms with van der Waals surface area (Å²) in [6.45, 7) is 1.24. The number of carbonyl (C=O) groups excluding carboxylic acids is 1. The molecule has 1 unspecified atom stereocenters. The van der Waals surface area contributed by atoms with E-state index in [-0.39, 0.29) is 38.4 Å². The molecule has 0 aromatic carbocycles. The average molecular weight is 380 g/mol. The third-order valence-electron chi connectivity index (χ3n) is 4.24. The molecule has 24 heavy (non-hydrogen) atoms. The van der Waals surface area contributed by atoms with E-state index in [1.54, 1.807) is 6.07 Å². The third-order valence-corrected chi connectivity index (χ3v) is 4.72. The van der Waals surface area contributed by atoms with Crippen LogP contribution in [0.25, 0.3) is 0 Å². The minimum absolute atomic E-state index is 0.0473. The van der Waals surface area contributed by atoms with Crippen LogP contribution >= 0.6 is 23.2 Å². The second kappa shape index (κ2) is 6.98. The van der Waals surface area contributed by atoms with Gasteiger partial charge in [0.25, 0.3) is 11.8 Å². The highest BCUT2D eigenvalue weighted by molar-refractivity contribution is 6.36. The Morgan fingerprint density at radius 2 is 2.00 bits per heavy atom. The summed E-state index contributed by atoms with van der Waals surface area (Å²) in [5.41, 5.74) is 0. The summed E-state index contributed by atoms with van der Waals surface area (Å²) in [6.07, 6.45) is 0.167. The molecule has 3 heterocycles. The van der Waals surface area contributed by atoms with Crippen LogP contribution < -0.4 is 4.90 Å². The molecule has 2 aliphatic rings. The van der Waals surface area contributed by atoms with E-state index in [9.17, 15) is 13.6 Å². The van der Waals surface area contributed by atoms with E-state index in [0.717, 1.165) is 0 Å². The molecule has 1 amide bonds. The first kappa shape index (κ1) is 17.6. The van der Waals surface area contributed by atoms with Crippen LogP contribution in [0.4, 0.5) is 14.6 Å². The number of morpholine rings is 1. The molecule has 2 aliphatic heterocycles. The van der Waals surface area contributed by atoms with Crippen molar-refractivity contribution >= 4 is 34.9 Å². The van der Waals surface area contributed by atoms with Crippen molar-refractivity contribution in [3.8, 4) is 0 Å². The van der Waals surface area contributed by atoms with E-state index >= 15 is 0 Å². The number of hydrogen-bond acceptors (Lipinski definition) is 4. The van der Waals surface area contributed by atoms with E-state index in [2.05, 4.69) is 4.98 Å². The largest absolute Gasteiger partial charge is 0.365 e. The monoisotopic (exact) mass is 379 g/mol. The van der Waals surface area contributed by atoms with Gasteiger partial charge in [-0.25, -0.2) is 13.8 Å². The van der Waals surface area contributed by atoms with E-state index in [4.69, 9.17) is 27.9 Å². The molecule has 0 spiro atoms. The van der Waals surface area contributed by atoms with E-state index in [1.165, 1.54) is 11.1 Å². The number of ether oxygens (including phenoxy) is 1. The maximum Gasteiger partial charge on any atom is 0.253 e. The molecule has 0 bridgehead atoms. The lowest BCUT2D eigenvalue weighted by Gasteiger charge is -2.38. The maximum atomic E-state index is 13.2. The van der Waals surface area contributed by atoms with Gasteiger partial charge in [-0.1, -0.05) is 23.2 Å². The van der Waals surface area contributed by atoms with Gasteiger partial charge in [0.2, 0.25) is 0 Å². The van der Waals surface area contributed by atoms with Gasteiger partial charge in [0.05, 0.1) is 23.2 Å². The minimum atomic E-state index is -2.68. The number of nitrogens with zero attached hydrogens (tertiary/aromatic N) is 3. The summed E-state index contributed by atoms with van der Waals surface area (Å²) in [7, 11) is 0. The summed E-state index contributed by atoms with van der Waals surface area (Å²) in [5, 5.41) is 0.826. The molecule has 9 heteroatoms. The van der Waals surface area contributed by atoms with Gasteiger partial charge in [-0.2, -0.15) is 0 Å². The van der Waals surface area contributed by atoms with Gasteiger partial charge in [-0.05, 0) is 6.07 Å². The molecular weight excluding hydrogens is 363 g/mol. The molecule has 132 valence electrons. The number of anilines is 1. The molecule has 0 radical (unpaired) electrons. The zero-order chi connectivity index (χ0) is 17.3. The molecule has 1 atom stereocenters. The van der Waals surface area contributed by atoms with Crippen molar-refractivity contribution in [1.29, 1.82) is 0 Å². The molecule has 5 nitrogen and oxygen atoms in total. The predicted octanol–water partition coefficient (Wildman–Crippen LogP) is 2.85. The molecule has 3 rings (SSSR count). The number of pyridine rings is 1. The number of aromatic nitrogens is 1. The first-order valence-electron chi connectivity index (χ1n) is 7.70. The summed E-state index contributed by atoms with van der Waals surface area (Å²) >= 11 is 12.0. The van der Waals surface area contributed by atoms with Gasteiger partial charge in [0.1, 0.15) is 5.82 Å². The maximum absolute atomic E-state index is 13.2. The Bertz CT molecular complexity index is 623. The zero-order valence-electron chi connectivity index (χ0n) is 12.9. The Morgan fingerprint density at radius 3 is 2.67 bits per heavy atom. The van der Waals surface area contributed by atoms with Gasteiger partial charge in [0.15, 0.2) is 6.10 Å². The van der Waals surface area contributed by atoms with E-state index < -0.39 is 12.0 Å². The molecule has 2 fully saturated rings. The van der Waals surface area contributed by atoms with E-state index in [0.29, 0.717) is 29.0 Å². The molecule has 1 aromatic heterocycles. The number of hydrogen-bond donors (Lipinski definition) is 0. The Morgan fingerprint density at radius 1 is 1.29 bits per heavy atom. The zero-order valence-corrected chi connectivity index (χ0v) is 14.4. The van der Waals surface area contributed by atoms with Crippen LogP contribution in [0.2, 0.25) is 10.0 Å². The first-order chi connectivity index (χ1) is 11.4. The molecule has 2 saturated heterocycles. The molecule has 0 aliphatic carbocycles. The van der Waals surface area contributed by atoms with Crippen molar-refractivity contribution in [1.82, 2.24) is 9.88 Å². The highest BCUT2D eigenvalue weighted by Gasteiger charge is 2.38. The second-order valence-electron chi connectivity index (χ2n) is 5.95. The number of rotatable bonds is 2. The number of amides is 1. The summed E-state index contributed by atoms with van der Waals surface area (Å²) < 4.78 is 32.0. The van der Waals surface area contributed by atoms with Crippen LogP contribution in [0.3, 0.4) is 0 Å². The van der Waals surface area contributed by atoms with Crippen molar-refractivity contribution in [3.05, 3.63) is 22.3 Å². The topological polar surface area (TPSA) is 45.7 Å². The van der Waals surface area contributed by atoms with Crippen molar-refractivity contribution in [2.24, 2.45) is 0 Å². The van der Waals surface area contributed by atoms with Crippen molar-refractivity contribution in [3.63, 3.8) is 0 Å². The van der Waals surface area contributed by atoms with E-state index in [1.807, 2.05) is 4.90 Å². The smallest absolute Gasteiger partial charge is 0.253 e. The predicted molar refractivity (Wildman–Crippen MR) is 87.0 cm³/mol. The van der Waals surface area contributed by atoms with Gasteiger partial charge in [-0.3, -0.25) is 4.79 Å². The fourth-order valence-corrected chi connectivity index (χ4v) is 3.39. The van der Waals surface area contributed by atoms with Crippen LogP contribution in [0, 0.1) is 0 Å². The van der Waals surface area contributed by atoms with Crippen LogP contribution in [-0.2, 0) is 9.53 Å². The molecule has 1 aromatic rings. The summed E-state index contributed by atoms with van der Waals surface area (Å²) in [4.78, 5) is 20.0. The Balaban J connectivity index is 1.66. The number of halogens is 4. The minimum Gasteiger partial charge on any atom is -0.365 e. The molecule has 0 N–H and O–H groups in total.